The van der Waals surface area contributed by atoms with Crippen LogP contribution in [0.25, 0.3) is 11.0 Å². The molecule has 0 fully saturated rings. The molecule has 0 unspecified atom stereocenters. The van der Waals surface area contributed by atoms with Crippen LogP contribution in [0, 0.1) is 12.3 Å². The predicted octanol–water partition coefficient (Wildman–Crippen LogP) is 5.74. The van der Waals surface area contributed by atoms with E-state index in [1.165, 1.54) is 0 Å². The van der Waals surface area contributed by atoms with E-state index in [0.717, 1.165) is 59.5 Å². The molecule has 0 atom stereocenters. The highest BCUT2D eigenvalue weighted by molar-refractivity contribution is 7.99. The van der Waals surface area contributed by atoms with Crippen molar-refractivity contribution in [1.82, 2.24) is 0 Å². The van der Waals surface area contributed by atoms with Crippen molar-refractivity contribution >= 4 is 28.7 Å². The molecule has 2 rings (SSSR count). The maximum absolute atomic E-state index is 11.9. The fourth-order valence-electron chi connectivity index (χ4n) is 2.91. The molecular formula is C23H32O5S. The molecule has 6 heteroatoms. The minimum absolute atomic E-state index is 0.138. The predicted molar refractivity (Wildman–Crippen MR) is 118 cm³/mol. The van der Waals surface area contributed by atoms with Gasteiger partial charge in [-0.3, -0.25) is 4.79 Å². The van der Waals surface area contributed by atoms with Crippen LogP contribution in [-0.4, -0.2) is 25.4 Å². The van der Waals surface area contributed by atoms with E-state index in [1.54, 1.807) is 31.0 Å². The van der Waals surface area contributed by atoms with Gasteiger partial charge in [0.2, 0.25) is 0 Å². The molecule has 0 aliphatic rings. The summed E-state index contributed by atoms with van der Waals surface area (Å²) in [5, 5.41) is 0.952. The summed E-state index contributed by atoms with van der Waals surface area (Å²) in [6.07, 6.45) is 5.26. The topological polar surface area (TPSA) is 65.7 Å². The number of methoxy groups -OCH3 is 1. The van der Waals surface area contributed by atoms with Crippen molar-refractivity contribution in [2.45, 2.75) is 64.7 Å². The number of fused-ring (bicyclic) bond motifs is 1. The number of benzene rings is 1. The molecule has 1 aromatic carbocycles. The zero-order chi connectivity index (χ0) is 21.4. The van der Waals surface area contributed by atoms with Gasteiger partial charge in [-0.25, -0.2) is 4.79 Å². The third-order valence-electron chi connectivity index (χ3n) is 4.61. The Morgan fingerprint density at radius 3 is 2.45 bits per heavy atom. The lowest BCUT2D eigenvalue weighted by Gasteiger charge is -2.16. The summed E-state index contributed by atoms with van der Waals surface area (Å²) in [6, 6.07) is 5.36. The third kappa shape index (κ3) is 7.11. The first-order chi connectivity index (χ1) is 13.7. The molecule has 1 heterocycles. The summed E-state index contributed by atoms with van der Waals surface area (Å²) in [7, 11) is 1.61. The summed E-state index contributed by atoms with van der Waals surface area (Å²) < 4.78 is 15.9. The second-order valence-electron chi connectivity index (χ2n) is 8.25. The van der Waals surface area contributed by atoms with Crippen LogP contribution < -0.4 is 10.4 Å². The minimum Gasteiger partial charge on any atom is -0.496 e. The Balaban J connectivity index is 1.74. The first kappa shape index (κ1) is 23.3. The SMILES string of the molecule is COc1cc2oc(=O)cc(SCCCCCCCOC(=O)C(C)(C)C)c2cc1C. The first-order valence-electron chi connectivity index (χ1n) is 10.1. The molecule has 0 aliphatic heterocycles. The molecular weight excluding hydrogens is 388 g/mol. The second-order valence-corrected chi connectivity index (χ2v) is 9.39. The van der Waals surface area contributed by atoms with Crippen molar-refractivity contribution < 1.29 is 18.7 Å². The van der Waals surface area contributed by atoms with Gasteiger partial charge in [0.15, 0.2) is 0 Å². The fraction of sp³-hybridized carbons (Fsp3) is 0.565. The highest BCUT2D eigenvalue weighted by Gasteiger charge is 2.22. The van der Waals surface area contributed by atoms with Crippen molar-refractivity contribution in [2.75, 3.05) is 19.5 Å². The summed E-state index contributed by atoms with van der Waals surface area (Å²) in [4.78, 5) is 24.5. The molecule has 0 radical (unpaired) electrons. The zero-order valence-corrected chi connectivity index (χ0v) is 18.9. The molecule has 0 bridgehead atoms. The molecule has 0 N–H and O–H groups in total. The van der Waals surface area contributed by atoms with Crippen LogP contribution >= 0.6 is 11.8 Å². The molecule has 0 amide bonds. The Kier molecular flexibility index (Phi) is 8.62. The maximum Gasteiger partial charge on any atom is 0.337 e. The van der Waals surface area contributed by atoms with Gasteiger partial charge in [-0.1, -0.05) is 19.3 Å². The van der Waals surface area contributed by atoms with E-state index < -0.39 is 5.41 Å². The molecule has 5 nitrogen and oxygen atoms in total. The highest BCUT2D eigenvalue weighted by atomic mass is 32.2. The van der Waals surface area contributed by atoms with Gasteiger partial charge >= 0.3 is 11.6 Å². The molecule has 0 spiro atoms. The normalized spacial score (nSPS) is 11.6. The zero-order valence-electron chi connectivity index (χ0n) is 18.1. The number of aryl methyl sites for hydroxylation is 1. The minimum atomic E-state index is -0.431. The van der Waals surface area contributed by atoms with Crippen molar-refractivity contribution in [3.05, 3.63) is 34.2 Å². The van der Waals surface area contributed by atoms with E-state index in [0.29, 0.717) is 12.2 Å². The van der Waals surface area contributed by atoms with E-state index in [9.17, 15) is 9.59 Å². The largest absolute Gasteiger partial charge is 0.496 e. The lowest BCUT2D eigenvalue weighted by molar-refractivity contribution is -0.153. The quantitative estimate of drug-likeness (QED) is 0.211. The summed E-state index contributed by atoms with van der Waals surface area (Å²) in [5.41, 5.74) is 0.811. The van der Waals surface area contributed by atoms with Gasteiger partial charge in [0.05, 0.1) is 19.1 Å². The number of hydrogen-bond donors (Lipinski definition) is 0. The van der Waals surface area contributed by atoms with Gasteiger partial charge in [-0.15, -0.1) is 11.8 Å². The molecule has 0 saturated heterocycles. The average molecular weight is 421 g/mol. The molecule has 0 aliphatic carbocycles. The number of esters is 1. The van der Waals surface area contributed by atoms with Crippen molar-refractivity contribution in [2.24, 2.45) is 5.41 Å². The van der Waals surface area contributed by atoms with Gasteiger partial charge in [0, 0.05) is 22.4 Å². The monoisotopic (exact) mass is 420 g/mol. The number of thioether (sulfide) groups is 1. The number of ether oxygens (including phenoxy) is 2. The molecule has 29 heavy (non-hydrogen) atoms. The van der Waals surface area contributed by atoms with Crippen molar-refractivity contribution in [1.29, 1.82) is 0 Å². The van der Waals surface area contributed by atoms with E-state index in [-0.39, 0.29) is 11.6 Å². The lowest BCUT2D eigenvalue weighted by Crippen LogP contribution is -2.23. The van der Waals surface area contributed by atoms with E-state index in [2.05, 4.69) is 0 Å². The van der Waals surface area contributed by atoms with Crippen LogP contribution in [0.3, 0.4) is 0 Å². The average Bonchev–Trinajstić information content (AvgIpc) is 2.65. The van der Waals surface area contributed by atoms with Gasteiger partial charge in [-0.05, 0) is 57.9 Å². The third-order valence-corrected chi connectivity index (χ3v) is 5.76. The van der Waals surface area contributed by atoms with Crippen LogP contribution in [0.15, 0.2) is 32.3 Å². The summed E-state index contributed by atoms with van der Waals surface area (Å²) >= 11 is 1.69. The molecule has 0 saturated carbocycles. The molecule has 2 aromatic rings. The Hall–Kier alpha value is -1.95. The second kappa shape index (κ2) is 10.7. The van der Waals surface area contributed by atoms with E-state index in [1.807, 2.05) is 33.8 Å². The summed E-state index contributed by atoms with van der Waals surface area (Å²) in [6.45, 7) is 8.08. The Morgan fingerprint density at radius 1 is 1.07 bits per heavy atom. The number of hydrogen-bond acceptors (Lipinski definition) is 6. The van der Waals surface area contributed by atoms with Gasteiger partial charge < -0.3 is 13.9 Å². The lowest BCUT2D eigenvalue weighted by atomic mass is 9.97. The smallest absolute Gasteiger partial charge is 0.337 e. The van der Waals surface area contributed by atoms with Crippen LogP contribution in [0.2, 0.25) is 0 Å². The number of unbranched alkanes of at least 4 members (excludes halogenated alkanes) is 4. The van der Waals surface area contributed by atoms with Crippen LogP contribution in [-0.2, 0) is 9.53 Å². The first-order valence-corrected chi connectivity index (χ1v) is 11.1. The van der Waals surface area contributed by atoms with Crippen molar-refractivity contribution in [3.8, 4) is 5.75 Å². The van der Waals surface area contributed by atoms with Gasteiger partial charge in [0.1, 0.15) is 11.3 Å². The van der Waals surface area contributed by atoms with Gasteiger partial charge in [0.25, 0.3) is 0 Å². The highest BCUT2D eigenvalue weighted by Crippen LogP contribution is 2.32. The number of carbonyl (C=O) groups excluding carboxylic acids is 1. The maximum atomic E-state index is 11.9. The Morgan fingerprint density at radius 2 is 1.76 bits per heavy atom. The molecule has 1 aromatic heterocycles. The summed E-state index contributed by atoms with van der Waals surface area (Å²) in [5.74, 6) is 1.53. The van der Waals surface area contributed by atoms with Gasteiger partial charge in [-0.2, -0.15) is 0 Å². The number of carbonyl (C=O) groups is 1. The van der Waals surface area contributed by atoms with Crippen LogP contribution in [0.5, 0.6) is 5.75 Å². The van der Waals surface area contributed by atoms with E-state index in [4.69, 9.17) is 13.9 Å². The number of rotatable bonds is 10. The fourth-order valence-corrected chi connectivity index (χ4v) is 3.97. The van der Waals surface area contributed by atoms with Crippen molar-refractivity contribution in [3.63, 3.8) is 0 Å². The van der Waals surface area contributed by atoms with Crippen LogP contribution in [0.1, 0.15) is 58.4 Å². The van der Waals surface area contributed by atoms with E-state index >= 15 is 0 Å². The Labute approximate surface area is 177 Å². The van der Waals surface area contributed by atoms with Crippen LogP contribution in [0.4, 0.5) is 0 Å². The standard InChI is InChI=1S/C23H32O5S/c1-16-13-17-19(14-18(16)26-5)28-21(24)15-20(17)29-12-10-8-6-7-9-11-27-22(25)23(2,3)4/h13-15H,6-12H2,1-5H3. The Bertz CT molecular complexity index is 879. The molecule has 160 valence electrons.